The van der Waals surface area contributed by atoms with Gasteiger partial charge in [-0.2, -0.15) is 0 Å². The maximum absolute atomic E-state index is 15.4. The van der Waals surface area contributed by atoms with Crippen LogP contribution in [-0.2, 0) is 27.3 Å². The van der Waals surface area contributed by atoms with E-state index in [-0.39, 0.29) is 43.2 Å². The number of imide groups is 1. The molecule has 0 bridgehead atoms. The number of anilines is 1. The average molecular weight is 545 g/mol. The standard InChI is InChI=1S/C25H24ClFN4O2S.CH2O2/c26-15-10-14-2-1-9-30(16-5-7-28-12-16)24(14)18(11-15)17-6-8-29-23-22(27)19(34-25(17)23)13-31-20(32)3-4-21(31)33;2-1-3/h6,8,10-11,16,28H,1-5,7,9,12-13H2;1H,(H,2,3)/t16-;/m0./s1. The average Bonchev–Trinajstić information content (AvgIpc) is 3.61. The number of halogens is 2. The first-order valence-electron chi connectivity index (χ1n) is 12.2. The predicted molar refractivity (Wildman–Crippen MR) is 140 cm³/mol. The molecule has 2 aromatic heterocycles. The molecular weight excluding hydrogens is 519 g/mol. The van der Waals surface area contributed by atoms with Crippen LogP contribution in [0.15, 0.2) is 24.4 Å². The molecule has 2 N–H and O–H groups in total. The Bertz CT molecular complexity index is 1360. The summed E-state index contributed by atoms with van der Waals surface area (Å²) in [4.78, 5) is 40.9. The third kappa shape index (κ3) is 4.81. The van der Waals surface area contributed by atoms with Gasteiger partial charge in [0.05, 0.1) is 16.1 Å². The first kappa shape index (κ1) is 25.6. The van der Waals surface area contributed by atoms with Crippen molar-refractivity contribution in [1.82, 2.24) is 15.2 Å². The van der Waals surface area contributed by atoms with E-state index in [1.807, 2.05) is 12.1 Å². The Labute approximate surface area is 222 Å². The summed E-state index contributed by atoms with van der Waals surface area (Å²) in [5.74, 6) is -0.957. The first-order valence-corrected chi connectivity index (χ1v) is 13.4. The smallest absolute Gasteiger partial charge is 0.290 e. The van der Waals surface area contributed by atoms with Crippen LogP contribution in [0.25, 0.3) is 21.3 Å². The highest BCUT2D eigenvalue weighted by Crippen LogP contribution is 2.45. The number of carbonyl (C=O) groups is 3. The van der Waals surface area contributed by atoms with Crippen LogP contribution in [0.4, 0.5) is 10.1 Å². The molecule has 1 aromatic carbocycles. The highest BCUT2D eigenvalue weighted by Gasteiger charge is 2.32. The number of nitrogens with one attached hydrogen (secondary N) is 1. The number of aromatic nitrogens is 1. The van der Waals surface area contributed by atoms with Crippen LogP contribution >= 0.6 is 22.9 Å². The molecule has 2 fully saturated rings. The van der Waals surface area contributed by atoms with Gasteiger partial charge in [0.25, 0.3) is 6.47 Å². The van der Waals surface area contributed by atoms with E-state index in [0.717, 1.165) is 54.9 Å². The van der Waals surface area contributed by atoms with Gasteiger partial charge in [0.1, 0.15) is 5.52 Å². The zero-order valence-corrected chi connectivity index (χ0v) is 21.6. The van der Waals surface area contributed by atoms with Gasteiger partial charge in [0, 0.05) is 60.0 Å². The van der Waals surface area contributed by atoms with E-state index in [9.17, 15) is 9.59 Å². The molecule has 11 heteroatoms. The topological polar surface area (TPSA) is 103 Å². The number of fused-ring (bicyclic) bond motifs is 2. The fourth-order valence-corrected chi connectivity index (χ4v) is 6.87. The van der Waals surface area contributed by atoms with Crippen LogP contribution in [-0.4, -0.2) is 59.0 Å². The van der Waals surface area contributed by atoms with Crippen LogP contribution in [0.1, 0.15) is 36.1 Å². The summed E-state index contributed by atoms with van der Waals surface area (Å²) >= 11 is 7.84. The van der Waals surface area contributed by atoms with E-state index < -0.39 is 5.82 Å². The molecule has 8 nitrogen and oxygen atoms in total. The molecule has 0 saturated carbocycles. The molecule has 5 heterocycles. The normalized spacial score (nSPS) is 19.2. The van der Waals surface area contributed by atoms with Gasteiger partial charge in [-0.15, -0.1) is 11.3 Å². The van der Waals surface area contributed by atoms with Gasteiger partial charge >= 0.3 is 0 Å². The Hall–Kier alpha value is -3.08. The molecule has 0 radical (unpaired) electrons. The molecule has 3 aliphatic heterocycles. The Kier molecular flexibility index (Phi) is 7.41. The van der Waals surface area contributed by atoms with Crippen molar-refractivity contribution in [2.24, 2.45) is 0 Å². The second-order valence-electron chi connectivity index (χ2n) is 9.26. The zero-order chi connectivity index (χ0) is 26.1. The summed E-state index contributed by atoms with van der Waals surface area (Å²) in [7, 11) is 0. The molecule has 0 unspecified atom stereocenters. The minimum Gasteiger partial charge on any atom is -0.483 e. The van der Waals surface area contributed by atoms with Gasteiger partial charge in [-0.1, -0.05) is 11.6 Å². The van der Waals surface area contributed by atoms with E-state index in [2.05, 4.69) is 21.3 Å². The molecule has 37 heavy (non-hydrogen) atoms. The number of likely N-dealkylation sites (tertiary alicyclic amines) is 1. The van der Waals surface area contributed by atoms with E-state index in [1.54, 1.807) is 6.20 Å². The fraction of sp³-hybridized carbons (Fsp3) is 0.385. The van der Waals surface area contributed by atoms with Gasteiger partial charge in [-0.3, -0.25) is 24.3 Å². The second kappa shape index (κ2) is 10.7. The molecule has 0 spiro atoms. The highest BCUT2D eigenvalue weighted by molar-refractivity contribution is 7.19. The van der Waals surface area contributed by atoms with Gasteiger partial charge < -0.3 is 15.3 Å². The Morgan fingerprint density at radius 2 is 1.97 bits per heavy atom. The van der Waals surface area contributed by atoms with Crippen molar-refractivity contribution in [3.05, 3.63) is 45.7 Å². The summed E-state index contributed by atoms with van der Waals surface area (Å²) in [6.07, 6.45) is 5.12. The number of thiophene rings is 1. The predicted octanol–water partition coefficient (Wildman–Crippen LogP) is 4.22. The number of hydrogen-bond acceptors (Lipinski definition) is 7. The molecule has 3 aliphatic rings. The molecule has 1 atom stereocenters. The zero-order valence-electron chi connectivity index (χ0n) is 20.0. The molecule has 194 valence electrons. The number of carboxylic acid groups (broad SMARTS) is 1. The second-order valence-corrected chi connectivity index (χ2v) is 10.8. The number of aryl methyl sites for hydroxylation is 1. The summed E-state index contributed by atoms with van der Waals surface area (Å²) in [6, 6.07) is 6.36. The number of carbonyl (C=O) groups excluding carboxylic acids is 2. The SMILES string of the molecule is O=C1CCC(=O)N1Cc1sc2c(-c3cc(Cl)cc4c3N([C@H]3CCNC3)CCC4)ccnc2c1F.O=CO. The van der Waals surface area contributed by atoms with Gasteiger partial charge in [-0.05, 0) is 49.6 Å². The van der Waals surface area contributed by atoms with Gasteiger partial charge in [-0.25, -0.2) is 4.39 Å². The number of nitrogens with zero attached hydrogens (tertiary/aromatic N) is 3. The van der Waals surface area contributed by atoms with E-state index in [1.165, 1.54) is 22.6 Å². The number of benzene rings is 1. The summed E-state index contributed by atoms with van der Waals surface area (Å²) in [5, 5.41) is 11.0. The quantitative estimate of drug-likeness (QED) is 0.374. The monoisotopic (exact) mass is 544 g/mol. The van der Waals surface area contributed by atoms with Crippen molar-refractivity contribution in [2.75, 3.05) is 24.5 Å². The summed E-state index contributed by atoms with van der Waals surface area (Å²) < 4.78 is 16.1. The lowest BCUT2D eigenvalue weighted by Gasteiger charge is -2.38. The Balaban J connectivity index is 0.000000892. The van der Waals surface area contributed by atoms with E-state index in [0.29, 0.717) is 20.6 Å². The number of hydrogen-bond donors (Lipinski definition) is 2. The van der Waals surface area contributed by atoms with Crippen molar-refractivity contribution in [3.8, 4) is 11.1 Å². The number of pyridine rings is 1. The molecule has 2 saturated heterocycles. The van der Waals surface area contributed by atoms with Crippen LogP contribution in [0.2, 0.25) is 5.02 Å². The van der Waals surface area contributed by atoms with Crippen molar-refractivity contribution in [3.63, 3.8) is 0 Å². The van der Waals surface area contributed by atoms with Crippen molar-refractivity contribution >= 4 is 57.1 Å². The number of rotatable bonds is 4. The van der Waals surface area contributed by atoms with Gasteiger partial charge in [0.2, 0.25) is 11.8 Å². The van der Waals surface area contributed by atoms with Gasteiger partial charge in [0.15, 0.2) is 5.82 Å². The number of amides is 2. The van der Waals surface area contributed by atoms with Crippen molar-refractivity contribution in [2.45, 2.75) is 44.7 Å². The molecule has 0 aliphatic carbocycles. The Morgan fingerprint density at radius 3 is 2.68 bits per heavy atom. The van der Waals surface area contributed by atoms with Crippen molar-refractivity contribution in [1.29, 1.82) is 0 Å². The molecule has 2 amide bonds. The molecule has 6 rings (SSSR count). The minimum atomic E-state index is -0.456. The maximum Gasteiger partial charge on any atom is 0.290 e. The highest BCUT2D eigenvalue weighted by atomic mass is 35.5. The first-order chi connectivity index (χ1) is 17.9. The van der Waals surface area contributed by atoms with E-state index in [4.69, 9.17) is 21.5 Å². The maximum atomic E-state index is 15.4. The van der Waals surface area contributed by atoms with Crippen molar-refractivity contribution < 1.29 is 23.9 Å². The Morgan fingerprint density at radius 1 is 1.22 bits per heavy atom. The van der Waals surface area contributed by atoms with Crippen LogP contribution in [0.3, 0.4) is 0 Å². The van der Waals surface area contributed by atoms with Crippen LogP contribution < -0.4 is 10.2 Å². The molecule has 3 aromatic rings. The van der Waals surface area contributed by atoms with E-state index >= 15 is 4.39 Å². The lowest BCUT2D eigenvalue weighted by Crippen LogP contribution is -2.40. The third-order valence-corrected chi connectivity index (χ3v) is 8.48. The largest absolute Gasteiger partial charge is 0.483 e. The fourth-order valence-electron chi connectivity index (χ4n) is 5.48. The van der Waals surface area contributed by atoms with Crippen LogP contribution in [0, 0.1) is 5.82 Å². The lowest BCUT2D eigenvalue weighted by atomic mass is 9.92. The summed E-state index contributed by atoms with van der Waals surface area (Å²) in [6.45, 7) is 2.64. The minimum absolute atomic E-state index is 0.0442. The lowest BCUT2D eigenvalue weighted by molar-refractivity contribution is -0.139. The third-order valence-electron chi connectivity index (χ3n) is 7.09. The summed E-state index contributed by atoms with van der Waals surface area (Å²) in [5.41, 5.74) is 4.54. The molecular formula is C26H26ClFN4O4S. The van der Waals surface area contributed by atoms with Crippen LogP contribution in [0.5, 0.6) is 0 Å².